The number of rotatable bonds is 4. The third-order valence-electron chi connectivity index (χ3n) is 5.75. The first-order valence-corrected chi connectivity index (χ1v) is 9.88. The molecule has 2 aliphatic carbocycles. The molecule has 28 heavy (non-hydrogen) atoms. The zero-order valence-electron chi connectivity index (χ0n) is 15.2. The van der Waals surface area contributed by atoms with Crippen LogP contribution in [0.4, 0.5) is 11.9 Å². The van der Waals surface area contributed by atoms with Gasteiger partial charge < -0.3 is 14.6 Å². The molecule has 1 aliphatic heterocycles. The van der Waals surface area contributed by atoms with Crippen molar-refractivity contribution in [2.75, 3.05) is 23.3 Å². The van der Waals surface area contributed by atoms with Crippen molar-refractivity contribution in [2.45, 2.75) is 19.4 Å². The second kappa shape index (κ2) is 7.05. The molecule has 2 bridgehead atoms. The van der Waals surface area contributed by atoms with E-state index in [0.29, 0.717) is 30.3 Å². The Balaban J connectivity index is 1.36. The van der Waals surface area contributed by atoms with Gasteiger partial charge in [0.25, 0.3) is 0 Å². The zero-order chi connectivity index (χ0) is 19.1. The van der Waals surface area contributed by atoms with Gasteiger partial charge in [0, 0.05) is 19.0 Å². The standard InChI is InChI=1S/C20H20ClN5O2/c21-18-23-19(22-9-14-3-2-6-28-14)25-20(24-18)26-10-12-7-13(11-26)15-4-1-5-17(27)16(15)8-12/h1-6,12-13,16H,7-11H2,(H,22,23,24,25)/t12-,13-,16+/m0/s1. The third-order valence-corrected chi connectivity index (χ3v) is 5.92. The highest BCUT2D eigenvalue weighted by molar-refractivity contribution is 6.28. The number of allylic oxidation sites excluding steroid dienone is 3. The molecule has 0 radical (unpaired) electrons. The fourth-order valence-electron chi connectivity index (χ4n) is 4.58. The number of halogens is 1. The summed E-state index contributed by atoms with van der Waals surface area (Å²) in [6.07, 6.45) is 9.34. The Bertz CT molecular complexity index is 956. The summed E-state index contributed by atoms with van der Waals surface area (Å²) in [6, 6.07) is 3.72. The van der Waals surface area contributed by atoms with Gasteiger partial charge in [-0.05, 0) is 54.5 Å². The molecule has 0 amide bonds. The van der Waals surface area contributed by atoms with E-state index in [4.69, 9.17) is 16.0 Å². The maximum Gasteiger partial charge on any atom is 0.231 e. The number of fused-ring (bicyclic) bond motifs is 4. The van der Waals surface area contributed by atoms with Crippen LogP contribution in [-0.2, 0) is 11.3 Å². The summed E-state index contributed by atoms with van der Waals surface area (Å²) in [5.74, 6) is 2.89. The number of anilines is 2. The molecule has 0 aromatic carbocycles. The summed E-state index contributed by atoms with van der Waals surface area (Å²) < 4.78 is 5.32. The highest BCUT2D eigenvalue weighted by Gasteiger charge is 2.41. The molecule has 2 fully saturated rings. The molecule has 1 N–H and O–H groups in total. The van der Waals surface area contributed by atoms with Gasteiger partial charge in [0.2, 0.25) is 17.2 Å². The van der Waals surface area contributed by atoms with Gasteiger partial charge >= 0.3 is 0 Å². The Morgan fingerprint density at radius 3 is 3.04 bits per heavy atom. The molecule has 1 saturated carbocycles. The first kappa shape index (κ1) is 17.4. The molecular formula is C20H20ClN5O2. The maximum absolute atomic E-state index is 12.3. The summed E-state index contributed by atoms with van der Waals surface area (Å²) in [7, 11) is 0. The van der Waals surface area contributed by atoms with Crippen LogP contribution in [0.2, 0.25) is 5.28 Å². The quantitative estimate of drug-likeness (QED) is 0.847. The van der Waals surface area contributed by atoms with Crippen molar-refractivity contribution in [1.29, 1.82) is 0 Å². The summed E-state index contributed by atoms with van der Waals surface area (Å²) in [5, 5.41) is 3.30. The number of piperidine rings is 1. The number of nitrogens with zero attached hydrogens (tertiary/aromatic N) is 4. The van der Waals surface area contributed by atoms with Crippen molar-refractivity contribution in [3.63, 3.8) is 0 Å². The molecule has 7 nitrogen and oxygen atoms in total. The van der Waals surface area contributed by atoms with Gasteiger partial charge in [0.1, 0.15) is 5.76 Å². The average molecular weight is 398 g/mol. The van der Waals surface area contributed by atoms with E-state index in [9.17, 15) is 4.79 Å². The minimum Gasteiger partial charge on any atom is -0.467 e. The first-order chi connectivity index (χ1) is 13.7. The number of carbonyl (C=O) groups excluding carboxylic acids is 1. The van der Waals surface area contributed by atoms with E-state index in [-0.39, 0.29) is 17.0 Å². The molecule has 144 valence electrons. The van der Waals surface area contributed by atoms with Crippen LogP contribution in [0.1, 0.15) is 18.6 Å². The Hall–Kier alpha value is -2.67. The van der Waals surface area contributed by atoms with Crippen LogP contribution < -0.4 is 10.2 Å². The fraction of sp³-hybridized carbons (Fsp3) is 0.400. The van der Waals surface area contributed by atoms with Crippen LogP contribution >= 0.6 is 11.6 Å². The summed E-state index contributed by atoms with van der Waals surface area (Å²) in [6.45, 7) is 2.09. The third kappa shape index (κ3) is 3.30. The van der Waals surface area contributed by atoms with E-state index < -0.39 is 0 Å². The molecule has 1 saturated heterocycles. The van der Waals surface area contributed by atoms with Crippen LogP contribution in [0.25, 0.3) is 0 Å². The monoisotopic (exact) mass is 397 g/mol. The smallest absolute Gasteiger partial charge is 0.231 e. The predicted octanol–water partition coefficient (Wildman–Crippen LogP) is 3.26. The molecule has 3 atom stereocenters. The van der Waals surface area contributed by atoms with Gasteiger partial charge in [-0.1, -0.05) is 17.7 Å². The van der Waals surface area contributed by atoms with Gasteiger partial charge in [-0.15, -0.1) is 0 Å². The molecule has 3 aliphatic rings. The topological polar surface area (TPSA) is 84.2 Å². The number of hydrogen-bond acceptors (Lipinski definition) is 7. The Labute approximate surface area is 167 Å². The lowest BCUT2D eigenvalue weighted by Crippen LogP contribution is -2.48. The van der Waals surface area contributed by atoms with Gasteiger partial charge in [0.05, 0.1) is 12.8 Å². The van der Waals surface area contributed by atoms with Crippen LogP contribution in [0.15, 0.2) is 46.6 Å². The SMILES string of the molecule is O=C1C=CC=C2[C@H]3C[C@@H](C[C@@H]12)CN(c1nc(Cl)nc(NCc2ccco2)n1)C3. The lowest BCUT2D eigenvalue weighted by molar-refractivity contribution is -0.118. The maximum atomic E-state index is 12.3. The first-order valence-electron chi connectivity index (χ1n) is 9.50. The van der Waals surface area contributed by atoms with Crippen molar-refractivity contribution in [1.82, 2.24) is 15.0 Å². The van der Waals surface area contributed by atoms with E-state index in [2.05, 4.69) is 31.2 Å². The second-order valence-corrected chi connectivity index (χ2v) is 7.92. The van der Waals surface area contributed by atoms with Crippen LogP contribution in [0.5, 0.6) is 0 Å². The zero-order valence-corrected chi connectivity index (χ0v) is 16.0. The molecular weight excluding hydrogens is 378 g/mol. The minimum atomic E-state index is 0.0587. The Morgan fingerprint density at radius 2 is 2.18 bits per heavy atom. The summed E-state index contributed by atoms with van der Waals surface area (Å²) in [4.78, 5) is 27.5. The van der Waals surface area contributed by atoms with Crippen molar-refractivity contribution in [3.8, 4) is 0 Å². The predicted molar refractivity (Wildman–Crippen MR) is 105 cm³/mol. The van der Waals surface area contributed by atoms with Crippen LogP contribution in [-0.4, -0.2) is 33.8 Å². The second-order valence-electron chi connectivity index (χ2n) is 7.58. The van der Waals surface area contributed by atoms with Crippen molar-refractivity contribution >= 4 is 29.3 Å². The largest absolute Gasteiger partial charge is 0.467 e. The molecule has 2 aromatic heterocycles. The van der Waals surface area contributed by atoms with E-state index >= 15 is 0 Å². The number of ketones is 1. The molecule has 0 spiro atoms. The Morgan fingerprint density at radius 1 is 1.25 bits per heavy atom. The number of aromatic nitrogens is 3. The summed E-state index contributed by atoms with van der Waals surface area (Å²) in [5.41, 5.74) is 1.25. The van der Waals surface area contributed by atoms with Gasteiger partial charge in [-0.2, -0.15) is 15.0 Å². The summed E-state index contributed by atoms with van der Waals surface area (Å²) >= 11 is 6.16. The Kier molecular flexibility index (Phi) is 4.39. The normalized spacial score (nSPS) is 26.0. The van der Waals surface area contributed by atoms with Crippen molar-refractivity contribution < 1.29 is 9.21 Å². The molecule has 5 rings (SSSR count). The van der Waals surface area contributed by atoms with E-state index in [1.54, 1.807) is 12.3 Å². The van der Waals surface area contributed by atoms with Crippen LogP contribution in [0.3, 0.4) is 0 Å². The number of nitrogens with one attached hydrogen (secondary N) is 1. The lowest BCUT2D eigenvalue weighted by atomic mass is 9.66. The number of hydrogen-bond donors (Lipinski definition) is 1. The average Bonchev–Trinajstić information content (AvgIpc) is 3.20. The molecule has 0 unspecified atom stereocenters. The van der Waals surface area contributed by atoms with Gasteiger partial charge in [0.15, 0.2) is 5.78 Å². The molecule has 8 heteroatoms. The van der Waals surface area contributed by atoms with Gasteiger partial charge in [-0.25, -0.2) is 0 Å². The van der Waals surface area contributed by atoms with E-state index in [0.717, 1.165) is 31.7 Å². The number of carbonyl (C=O) groups is 1. The highest BCUT2D eigenvalue weighted by Crippen LogP contribution is 2.44. The minimum absolute atomic E-state index is 0.0587. The number of furan rings is 1. The van der Waals surface area contributed by atoms with Crippen LogP contribution in [0, 0.1) is 17.8 Å². The molecule has 2 aromatic rings. The van der Waals surface area contributed by atoms with Crippen molar-refractivity contribution in [3.05, 3.63) is 53.2 Å². The van der Waals surface area contributed by atoms with E-state index in [1.165, 1.54) is 5.57 Å². The molecule has 3 heterocycles. The van der Waals surface area contributed by atoms with E-state index in [1.807, 2.05) is 18.2 Å². The highest BCUT2D eigenvalue weighted by atomic mass is 35.5. The lowest BCUT2D eigenvalue weighted by Gasteiger charge is -2.45. The van der Waals surface area contributed by atoms with Gasteiger partial charge in [-0.3, -0.25) is 4.79 Å². The van der Waals surface area contributed by atoms with Crippen molar-refractivity contribution in [2.24, 2.45) is 17.8 Å². The fourth-order valence-corrected chi connectivity index (χ4v) is 4.73.